The van der Waals surface area contributed by atoms with Crippen LogP contribution in [0.5, 0.6) is 0 Å². The molecule has 1 fully saturated rings. The van der Waals surface area contributed by atoms with E-state index in [1.807, 2.05) is 0 Å². The Balaban J connectivity index is 2.33. The summed E-state index contributed by atoms with van der Waals surface area (Å²) in [5.41, 5.74) is 0. The van der Waals surface area contributed by atoms with E-state index in [1.165, 1.54) is 0 Å². The zero-order valence-corrected chi connectivity index (χ0v) is 7.18. The number of hydrogen-bond donors (Lipinski definition) is 3. The third-order valence-electron chi connectivity index (χ3n) is 1.53. The van der Waals surface area contributed by atoms with Crippen LogP contribution < -0.4 is 0 Å². The first kappa shape index (κ1) is 10.1. The second kappa shape index (κ2) is 3.83. The molecule has 1 aliphatic rings. The molecule has 72 valence electrons. The molecular formula is C5H11O6P. The largest absolute Gasteiger partial charge is 0.471 e. The van der Waals surface area contributed by atoms with Crippen molar-refractivity contribution in [2.45, 2.75) is 25.2 Å². The lowest BCUT2D eigenvalue weighted by Gasteiger charge is -2.12. The van der Waals surface area contributed by atoms with Crippen LogP contribution in [0.3, 0.4) is 0 Å². The monoisotopic (exact) mass is 198 g/mol. The second-order valence-electron chi connectivity index (χ2n) is 2.54. The van der Waals surface area contributed by atoms with E-state index in [4.69, 9.17) is 19.6 Å². The van der Waals surface area contributed by atoms with Crippen LogP contribution in [0.4, 0.5) is 0 Å². The Hall–Kier alpha value is 0.0300. The summed E-state index contributed by atoms with van der Waals surface area (Å²) in [5, 5.41) is 8.61. The van der Waals surface area contributed by atoms with Crippen LogP contribution in [-0.4, -0.2) is 33.9 Å². The zero-order valence-electron chi connectivity index (χ0n) is 6.29. The minimum atomic E-state index is -4.46. The predicted molar refractivity (Wildman–Crippen MR) is 38.1 cm³/mol. The molecule has 0 bridgehead atoms. The van der Waals surface area contributed by atoms with Crippen LogP contribution in [0.1, 0.15) is 12.8 Å². The number of ether oxygens (including phenoxy) is 1. The molecule has 1 rings (SSSR count). The van der Waals surface area contributed by atoms with E-state index in [1.54, 1.807) is 0 Å². The molecule has 1 heterocycles. The summed E-state index contributed by atoms with van der Waals surface area (Å²) < 4.78 is 19.5. The molecule has 0 radical (unpaired) electrons. The summed E-state index contributed by atoms with van der Waals surface area (Å²) in [6.45, 7) is -0.152. The number of aliphatic hydroxyl groups is 1. The lowest BCUT2D eigenvalue weighted by molar-refractivity contribution is -0.0952. The van der Waals surface area contributed by atoms with E-state index in [0.717, 1.165) is 0 Å². The van der Waals surface area contributed by atoms with Gasteiger partial charge in [-0.05, 0) is 6.42 Å². The maximum absolute atomic E-state index is 10.3. The average molecular weight is 198 g/mol. The minimum absolute atomic E-state index is 0.152. The Kier molecular flexibility index (Phi) is 3.22. The summed E-state index contributed by atoms with van der Waals surface area (Å²) in [6.07, 6.45) is -0.290. The summed E-state index contributed by atoms with van der Waals surface area (Å²) in [4.78, 5) is 16.8. The van der Waals surface area contributed by atoms with Gasteiger partial charge < -0.3 is 19.6 Å². The first-order valence-electron chi connectivity index (χ1n) is 3.51. The first-order chi connectivity index (χ1) is 5.51. The van der Waals surface area contributed by atoms with Crippen molar-refractivity contribution in [1.29, 1.82) is 0 Å². The van der Waals surface area contributed by atoms with E-state index in [-0.39, 0.29) is 12.7 Å². The first-order valence-corrected chi connectivity index (χ1v) is 5.04. The highest BCUT2D eigenvalue weighted by Gasteiger charge is 2.30. The van der Waals surface area contributed by atoms with E-state index >= 15 is 0 Å². The van der Waals surface area contributed by atoms with Crippen molar-refractivity contribution in [1.82, 2.24) is 0 Å². The van der Waals surface area contributed by atoms with E-state index in [9.17, 15) is 4.57 Å². The van der Waals surface area contributed by atoms with Gasteiger partial charge >= 0.3 is 7.82 Å². The normalized spacial score (nSPS) is 30.9. The summed E-state index contributed by atoms with van der Waals surface area (Å²) >= 11 is 0. The molecular weight excluding hydrogens is 187 g/mol. The highest BCUT2D eigenvalue weighted by atomic mass is 31.2. The van der Waals surface area contributed by atoms with Gasteiger partial charge in [-0.25, -0.2) is 4.57 Å². The van der Waals surface area contributed by atoms with Gasteiger partial charge in [0.1, 0.15) is 0 Å². The van der Waals surface area contributed by atoms with Gasteiger partial charge in [-0.3, -0.25) is 4.52 Å². The van der Waals surface area contributed by atoms with Crippen LogP contribution in [0.15, 0.2) is 0 Å². The Morgan fingerprint density at radius 1 is 1.50 bits per heavy atom. The van der Waals surface area contributed by atoms with Gasteiger partial charge in [-0.2, -0.15) is 0 Å². The van der Waals surface area contributed by atoms with Gasteiger partial charge in [-0.1, -0.05) is 0 Å². The van der Waals surface area contributed by atoms with Gasteiger partial charge in [0.15, 0.2) is 6.29 Å². The van der Waals surface area contributed by atoms with Crippen molar-refractivity contribution in [3.8, 4) is 0 Å². The molecule has 0 aromatic rings. The molecule has 1 aliphatic heterocycles. The summed E-state index contributed by atoms with van der Waals surface area (Å²) in [5.74, 6) is 0. The van der Waals surface area contributed by atoms with Gasteiger partial charge in [0.25, 0.3) is 0 Å². The van der Waals surface area contributed by atoms with Crippen LogP contribution >= 0.6 is 7.82 Å². The van der Waals surface area contributed by atoms with E-state index in [2.05, 4.69) is 4.52 Å². The molecule has 0 aliphatic carbocycles. The topological polar surface area (TPSA) is 96.2 Å². The number of phosphoric ester groups is 1. The average Bonchev–Trinajstić information content (AvgIpc) is 2.32. The molecule has 0 aromatic heterocycles. The quantitative estimate of drug-likeness (QED) is 0.533. The molecule has 0 unspecified atom stereocenters. The molecule has 0 aromatic carbocycles. The Labute approximate surface area is 69.4 Å². The van der Waals surface area contributed by atoms with Gasteiger partial charge in [-0.15, -0.1) is 0 Å². The Morgan fingerprint density at radius 3 is 2.58 bits per heavy atom. The fraction of sp³-hybridized carbons (Fsp3) is 1.00. The summed E-state index contributed by atoms with van der Waals surface area (Å²) in [7, 11) is -4.46. The van der Waals surface area contributed by atoms with Gasteiger partial charge in [0.05, 0.1) is 12.7 Å². The highest BCUT2D eigenvalue weighted by Crippen LogP contribution is 2.40. The molecule has 12 heavy (non-hydrogen) atoms. The Bertz CT molecular complexity index is 188. The van der Waals surface area contributed by atoms with Crippen molar-refractivity contribution in [2.75, 3.05) is 6.61 Å². The number of phosphoric acid groups is 1. The standard InChI is InChI=1S/C5H11O6P/c6-3-4-1-2-5(10-4)11-12(7,8)9/h4-6H,1-3H2,(H2,7,8,9)/t4-,5+/m0/s1. The van der Waals surface area contributed by atoms with Crippen molar-refractivity contribution < 1.29 is 28.7 Å². The summed E-state index contributed by atoms with van der Waals surface area (Å²) in [6, 6.07) is 0. The third-order valence-corrected chi connectivity index (χ3v) is 2.04. The molecule has 1 saturated heterocycles. The highest BCUT2D eigenvalue weighted by molar-refractivity contribution is 7.46. The lowest BCUT2D eigenvalue weighted by Crippen LogP contribution is -2.15. The molecule has 0 spiro atoms. The van der Waals surface area contributed by atoms with Crippen molar-refractivity contribution >= 4 is 7.82 Å². The zero-order chi connectivity index (χ0) is 9.19. The fourth-order valence-electron chi connectivity index (χ4n) is 1.04. The van der Waals surface area contributed by atoms with E-state index in [0.29, 0.717) is 12.8 Å². The predicted octanol–water partition coefficient (Wildman–Crippen LogP) is -0.407. The molecule has 6 nitrogen and oxygen atoms in total. The number of hydrogen-bond acceptors (Lipinski definition) is 4. The number of aliphatic hydroxyl groups excluding tert-OH is 1. The fourth-order valence-corrected chi connectivity index (χ4v) is 1.50. The molecule has 0 amide bonds. The van der Waals surface area contributed by atoms with Gasteiger partial charge in [0, 0.05) is 6.42 Å². The molecule has 2 atom stereocenters. The lowest BCUT2D eigenvalue weighted by atomic mass is 10.2. The van der Waals surface area contributed by atoms with Crippen molar-refractivity contribution in [3.63, 3.8) is 0 Å². The van der Waals surface area contributed by atoms with Crippen LogP contribution in [-0.2, 0) is 13.8 Å². The van der Waals surface area contributed by atoms with Crippen LogP contribution in [0.25, 0.3) is 0 Å². The Morgan fingerprint density at radius 2 is 2.17 bits per heavy atom. The SMILES string of the molecule is O=P(O)(O)O[C@@H]1CC[C@@H](CO)O1. The van der Waals surface area contributed by atoms with Crippen LogP contribution in [0.2, 0.25) is 0 Å². The van der Waals surface area contributed by atoms with Crippen molar-refractivity contribution in [3.05, 3.63) is 0 Å². The third kappa shape index (κ3) is 3.18. The smallest absolute Gasteiger partial charge is 0.394 e. The number of rotatable bonds is 3. The second-order valence-corrected chi connectivity index (χ2v) is 3.74. The van der Waals surface area contributed by atoms with Crippen molar-refractivity contribution in [2.24, 2.45) is 0 Å². The molecule has 3 N–H and O–H groups in total. The maximum atomic E-state index is 10.3. The van der Waals surface area contributed by atoms with Crippen LogP contribution in [0, 0.1) is 0 Å². The van der Waals surface area contributed by atoms with E-state index < -0.39 is 14.1 Å². The molecule has 7 heteroatoms. The molecule has 0 saturated carbocycles. The maximum Gasteiger partial charge on any atom is 0.471 e. The van der Waals surface area contributed by atoms with Gasteiger partial charge in [0.2, 0.25) is 0 Å². The minimum Gasteiger partial charge on any atom is -0.394 e.